The second-order valence-electron chi connectivity index (χ2n) is 6.29. The van der Waals surface area contributed by atoms with Crippen molar-refractivity contribution in [2.24, 2.45) is 10.9 Å². The van der Waals surface area contributed by atoms with Crippen molar-refractivity contribution in [1.29, 1.82) is 0 Å². The fourth-order valence-corrected chi connectivity index (χ4v) is 3.05. The predicted molar refractivity (Wildman–Crippen MR) is 104 cm³/mol. The van der Waals surface area contributed by atoms with Gasteiger partial charge in [0.15, 0.2) is 11.7 Å². The van der Waals surface area contributed by atoms with Gasteiger partial charge < -0.3 is 16.0 Å². The lowest BCUT2D eigenvalue weighted by molar-refractivity contribution is -0.140. The third-order valence-electron chi connectivity index (χ3n) is 3.89. The molecule has 0 spiro atoms. The Morgan fingerprint density at radius 2 is 1.89 bits per heavy atom. The minimum absolute atomic E-state index is 0.155. The second kappa shape index (κ2) is 9.59. The monoisotopic (exact) mass is 399 g/mol. The van der Waals surface area contributed by atoms with Crippen molar-refractivity contribution in [1.82, 2.24) is 15.6 Å². The molecule has 0 fully saturated rings. The lowest BCUT2D eigenvalue weighted by Gasteiger charge is -2.25. The van der Waals surface area contributed by atoms with Crippen molar-refractivity contribution >= 4 is 23.0 Å². The van der Waals surface area contributed by atoms with Crippen molar-refractivity contribution in [3.05, 3.63) is 46.4 Å². The van der Waals surface area contributed by atoms with E-state index >= 15 is 0 Å². The van der Waals surface area contributed by atoms with Crippen LogP contribution in [-0.2, 0) is 12.7 Å². The summed E-state index contributed by atoms with van der Waals surface area (Å²) >= 11 is 0.971. The molecule has 0 aliphatic rings. The zero-order valence-corrected chi connectivity index (χ0v) is 16.3. The molecule has 1 aromatic heterocycles. The molecule has 0 aliphatic carbocycles. The average molecular weight is 399 g/mol. The summed E-state index contributed by atoms with van der Waals surface area (Å²) in [5.74, 6) is 0.878. The fraction of sp³-hybridized carbons (Fsp3) is 0.444. The highest BCUT2D eigenvalue weighted by Gasteiger charge is 2.33. The standard InChI is InChI=1S/C18H24F3N5S/c1-12(2)14(25-13-7-5-4-6-8-13)9-23-17(22-3)24-10-16-26-15(11-27-16)18(19,20)21/h4-8,11-12,14,25H,9-10H2,1-3H3,(H2,22,23,24). The van der Waals surface area contributed by atoms with Gasteiger partial charge in [0.25, 0.3) is 0 Å². The zero-order chi connectivity index (χ0) is 19.9. The molecule has 3 N–H and O–H groups in total. The maximum absolute atomic E-state index is 12.6. The Kier molecular flexibility index (Phi) is 7.46. The fourth-order valence-electron chi connectivity index (χ4n) is 2.31. The molecule has 0 saturated carbocycles. The lowest BCUT2D eigenvalue weighted by Crippen LogP contribution is -2.44. The van der Waals surface area contributed by atoms with E-state index in [0.717, 1.165) is 22.4 Å². The molecule has 2 rings (SSSR count). The summed E-state index contributed by atoms with van der Waals surface area (Å²) in [5.41, 5.74) is 0.169. The van der Waals surface area contributed by atoms with Gasteiger partial charge in [-0.25, -0.2) is 4.98 Å². The number of rotatable bonds is 7. The Morgan fingerprint density at radius 1 is 1.19 bits per heavy atom. The van der Waals surface area contributed by atoms with E-state index in [0.29, 0.717) is 23.4 Å². The van der Waals surface area contributed by atoms with E-state index in [2.05, 4.69) is 39.8 Å². The van der Waals surface area contributed by atoms with E-state index in [1.165, 1.54) is 0 Å². The summed E-state index contributed by atoms with van der Waals surface area (Å²) in [6.07, 6.45) is -4.41. The van der Waals surface area contributed by atoms with Crippen LogP contribution in [0.5, 0.6) is 0 Å². The summed E-state index contributed by atoms with van der Waals surface area (Å²) < 4.78 is 37.8. The van der Waals surface area contributed by atoms with Crippen LogP contribution in [0.25, 0.3) is 0 Å². The first-order chi connectivity index (χ1) is 12.8. The van der Waals surface area contributed by atoms with Crippen molar-refractivity contribution in [3.8, 4) is 0 Å². The Hall–Kier alpha value is -2.29. The van der Waals surface area contributed by atoms with E-state index < -0.39 is 11.9 Å². The van der Waals surface area contributed by atoms with Gasteiger partial charge in [-0.3, -0.25) is 4.99 Å². The number of nitrogens with zero attached hydrogens (tertiary/aromatic N) is 2. The van der Waals surface area contributed by atoms with Gasteiger partial charge in [-0.05, 0) is 18.1 Å². The summed E-state index contributed by atoms with van der Waals surface area (Å²) in [7, 11) is 1.62. The Morgan fingerprint density at radius 3 is 2.44 bits per heavy atom. The van der Waals surface area contributed by atoms with Crippen LogP contribution >= 0.6 is 11.3 Å². The lowest BCUT2D eigenvalue weighted by atomic mass is 10.0. The molecule has 27 heavy (non-hydrogen) atoms. The number of thiazole rings is 1. The molecular formula is C18H24F3N5S. The highest BCUT2D eigenvalue weighted by Crippen LogP contribution is 2.29. The summed E-state index contributed by atoms with van der Waals surface area (Å²) in [6, 6.07) is 10.1. The maximum Gasteiger partial charge on any atom is 0.434 e. The molecule has 0 bridgehead atoms. The molecule has 1 unspecified atom stereocenters. The van der Waals surface area contributed by atoms with Gasteiger partial charge in [-0.2, -0.15) is 13.2 Å². The number of aromatic nitrogens is 1. The molecule has 0 saturated heterocycles. The number of nitrogens with one attached hydrogen (secondary N) is 3. The molecule has 1 aromatic carbocycles. The van der Waals surface area contributed by atoms with E-state index in [1.54, 1.807) is 7.05 Å². The number of hydrogen-bond donors (Lipinski definition) is 3. The minimum Gasteiger partial charge on any atom is -0.380 e. The van der Waals surface area contributed by atoms with Crippen LogP contribution in [-0.4, -0.2) is 30.6 Å². The largest absolute Gasteiger partial charge is 0.434 e. The normalized spacial score (nSPS) is 13.5. The number of benzene rings is 1. The van der Waals surface area contributed by atoms with E-state index in [-0.39, 0.29) is 12.6 Å². The van der Waals surface area contributed by atoms with Crippen LogP contribution in [0.15, 0.2) is 40.7 Å². The Labute approximate surface area is 161 Å². The molecule has 5 nitrogen and oxygen atoms in total. The first-order valence-corrected chi connectivity index (χ1v) is 9.45. The molecule has 148 valence electrons. The molecular weight excluding hydrogens is 375 g/mol. The van der Waals surface area contributed by atoms with Crippen molar-refractivity contribution in [2.45, 2.75) is 32.6 Å². The predicted octanol–water partition coefficient (Wildman–Crippen LogP) is 3.96. The van der Waals surface area contributed by atoms with E-state index in [4.69, 9.17) is 0 Å². The zero-order valence-electron chi connectivity index (χ0n) is 15.5. The van der Waals surface area contributed by atoms with Crippen LogP contribution < -0.4 is 16.0 Å². The van der Waals surface area contributed by atoms with Crippen LogP contribution in [0.2, 0.25) is 0 Å². The van der Waals surface area contributed by atoms with Crippen LogP contribution in [0, 0.1) is 5.92 Å². The summed E-state index contributed by atoms with van der Waals surface area (Å²) in [4.78, 5) is 7.72. The topological polar surface area (TPSA) is 61.3 Å². The second-order valence-corrected chi connectivity index (χ2v) is 7.23. The molecule has 1 heterocycles. The van der Waals surface area contributed by atoms with Gasteiger partial charge in [0, 0.05) is 30.7 Å². The SMILES string of the molecule is CN=C(NCc1nc(C(F)(F)F)cs1)NCC(Nc1ccccc1)C(C)C. The average Bonchev–Trinajstić information content (AvgIpc) is 3.11. The van der Waals surface area contributed by atoms with Gasteiger partial charge in [0.1, 0.15) is 5.01 Å². The van der Waals surface area contributed by atoms with Crippen molar-refractivity contribution in [3.63, 3.8) is 0 Å². The smallest absolute Gasteiger partial charge is 0.380 e. The number of halogens is 3. The highest BCUT2D eigenvalue weighted by molar-refractivity contribution is 7.09. The van der Waals surface area contributed by atoms with Crippen molar-refractivity contribution < 1.29 is 13.2 Å². The third kappa shape index (κ3) is 6.74. The molecule has 0 radical (unpaired) electrons. The Balaban J connectivity index is 1.87. The van der Waals surface area contributed by atoms with Gasteiger partial charge in [0.2, 0.25) is 0 Å². The number of hydrogen-bond acceptors (Lipinski definition) is 4. The summed E-state index contributed by atoms with van der Waals surface area (Å²) in [6.45, 7) is 5.02. The molecule has 0 amide bonds. The third-order valence-corrected chi connectivity index (χ3v) is 4.74. The van der Waals surface area contributed by atoms with Gasteiger partial charge in [0.05, 0.1) is 6.54 Å². The number of para-hydroxylation sites is 1. The first kappa shape index (κ1) is 21.0. The number of anilines is 1. The quantitative estimate of drug-likeness (QED) is 0.487. The summed E-state index contributed by atoms with van der Waals surface area (Å²) in [5, 5.41) is 11.1. The Bertz CT molecular complexity index is 728. The van der Waals surface area contributed by atoms with Crippen LogP contribution in [0.3, 0.4) is 0 Å². The highest BCUT2D eigenvalue weighted by atomic mass is 32.1. The number of alkyl halides is 3. The maximum atomic E-state index is 12.6. The van der Waals surface area contributed by atoms with Crippen LogP contribution in [0.4, 0.5) is 18.9 Å². The van der Waals surface area contributed by atoms with Gasteiger partial charge in [-0.1, -0.05) is 32.0 Å². The van der Waals surface area contributed by atoms with Gasteiger partial charge in [-0.15, -0.1) is 11.3 Å². The molecule has 0 aliphatic heterocycles. The van der Waals surface area contributed by atoms with E-state index in [9.17, 15) is 13.2 Å². The molecule has 9 heteroatoms. The number of guanidine groups is 1. The van der Waals surface area contributed by atoms with E-state index in [1.807, 2.05) is 30.3 Å². The minimum atomic E-state index is -4.41. The first-order valence-electron chi connectivity index (χ1n) is 8.57. The molecule has 1 atom stereocenters. The van der Waals surface area contributed by atoms with Crippen molar-refractivity contribution in [2.75, 3.05) is 18.9 Å². The molecule has 2 aromatic rings. The van der Waals surface area contributed by atoms with Gasteiger partial charge >= 0.3 is 6.18 Å². The van der Waals surface area contributed by atoms with Crippen LogP contribution in [0.1, 0.15) is 24.5 Å². The number of aliphatic imine (C=N–C) groups is 1.